The van der Waals surface area contributed by atoms with Crippen molar-refractivity contribution >= 4 is 17.6 Å². The maximum Gasteiger partial charge on any atom is 0.318 e. The maximum atomic E-state index is 5.61. The van der Waals surface area contributed by atoms with Gasteiger partial charge in [-0.3, -0.25) is 0 Å². The lowest BCUT2D eigenvalue weighted by Gasteiger charge is -2.30. The third-order valence-electron chi connectivity index (χ3n) is 2.86. The van der Waals surface area contributed by atoms with Crippen LogP contribution < -0.4 is 4.90 Å². The number of halogens is 1. The summed E-state index contributed by atoms with van der Waals surface area (Å²) in [7, 11) is 1.75. The van der Waals surface area contributed by atoms with Gasteiger partial charge < -0.3 is 14.1 Å². The van der Waals surface area contributed by atoms with Crippen LogP contribution in [0.4, 0.5) is 6.01 Å². The molecule has 0 N–H and O–H groups in total. The van der Waals surface area contributed by atoms with Crippen LogP contribution >= 0.6 is 11.6 Å². The monoisotopic (exact) mass is 245 g/mol. The molecule has 1 fully saturated rings. The van der Waals surface area contributed by atoms with E-state index >= 15 is 0 Å². The topological polar surface area (TPSA) is 51.4 Å². The zero-order valence-corrected chi connectivity index (χ0v) is 10.1. The van der Waals surface area contributed by atoms with Crippen molar-refractivity contribution in [1.29, 1.82) is 0 Å². The molecule has 5 nitrogen and oxygen atoms in total. The fourth-order valence-electron chi connectivity index (χ4n) is 1.95. The molecule has 0 amide bonds. The van der Waals surface area contributed by atoms with Gasteiger partial charge in [0.15, 0.2) is 0 Å². The molecule has 0 aliphatic carbocycles. The fourth-order valence-corrected chi connectivity index (χ4v) is 2.06. The van der Waals surface area contributed by atoms with Crippen molar-refractivity contribution in [3.8, 4) is 0 Å². The molecule has 1 aliphatic rings. The molecule has 0 spiro atoms. The minimum Gasteiger partial charge on any atom is -0.407 e. The van der Waals surface area contributed by atoms with Crippen LogP contribution in [-0.2, 0) is 10.6 Å². The minimum atomic E-state index is 0.271. The molecule has 0 aromatic carbocycles. The summed E-state index contributed by atoms with van der Waals surface area (Å²) >= 11 is 5.61. The quantitative estimate of drug-likeness (QED) is 0.756. The molecule has 0 radical (unpaired) electrons. The van der Waals surface area contributed by atoms with Crippen LogP contribution in [0, 0.1) is 5.92 Å². The minimum absolute atomic E-state index is 0.271. The standard InChI is InChI=1S/C10H16ClN3O2/c1-15-7-8-2-4-14(5-3-8)10-13-12-9(6-11)16-10/h8H,2-7H2,1H3. The summed E-state index contributed by atoms with van der Waals surface area (Å²) in [6.07, 6.45) is 2.21. The van der Waals surface area contributed by atoms with Crippen molar-refractivity contribution in [3.63, 3.8) is 0 Å². The smallest absolute Gasteiger partial charge is 0.318 e. The molecule has 90 valence electrons. The molecule has 0 atom stereocenters. The normalized spacial score (nSPS) is 18.0. The van der Waals surface area contributed by atoms with Gasteiger partial charge >= 0.3 is 6.01 Å². The highest BCUT2D eigenvalue weighted by Crippen LogP contribution is 2.22. The number of piperidine rings is 1. The lowest BCUT2D eigenvalue weighted by atomic mass is 9.98. The first-order chi connectivity index (χ1) is 7.83. The Morgan fingerprint density at radius 2 is 2.19 bits per heavy atom. The highest BCUT2D eigenvalue weighted by atomic mass is 35.5. The van der Waals surface area contributed by atoms with Crippen molar-refractivity contribution in [3.05, 3.63) is 5.89 Å². The Kier molecular flexibility index (Phi) is 4.01. The zero-order chi connectivity index (χ0) is 11.4. The molecule has 0 unspecified atom stereocenters. The van der Waals surface area contributed by atoms with Crippen LogP contribution in [-0.4, -0.2) is 37.0 Å². The van der Waals surface area contributed by atoms with Gasteiger partial charge in [0, 0.05) is 26.8 Å². The molecule has 1 saturated heterocycles. The number of methoxy groups -OCH3 is 1. The molecular weight excluding hydrogens is 230 g/mol. The summed E-state index contributed by atoms with van der Waals surface area (Å²) in [6.45, 7) is 2.72. The third-order valence-corrected chi connectivity index (χ3v) is 3.09. The molecule has 2 heterocycles. The maximum absolute atomic E-state index is 5.61. The van der Waals surface area contributed by atoms with Crippen molar-refractivity contribution in [1.82, 2.24) is 10.2 Å². The van der Waals surface area contributed by atoms with Crippen molar-refractivity contribution < 1.29 is 9.15 Å². The van der Waals surface area contributed by atoms with Gasteiger partial charge in [0.05, 0.1) is 0 Å². The molecule has 1 aliphatic heterocycles. The second-order valence-corrected chi connectivity index (χ2v) is 4.27. The molecule has 6 heteroatoms. The van der Waals surface area contributed by atoms with Crippen LogP contribution in [0.25, 0.3) is 0 Å². The lowest BCUT2D eigenvalue weighted by molar-refractivity contribution is 0.138. The van der Waals surface area contributed by atoms with Gasteiger partial charge in [-0.25, -0.2) is 0 Å². The highest BCUT2D eigenvalue weighted by Gasteiger charge is 2.22. The van der Waals surface area contributed by atoms with Gasteiger partial charge in [-0.15, -0.1) is 16.7 Å². The van der Waals surface area contributed by atoms with Crippen LogP contribution in [0.1, 0.15) is 18.7 Å². The Bertz CT molecular complexity index is 324. The van der Waals surface area contributed by atoms with Crippen LogP contribution in [0.3, 0.4) is 0 Å². The van der Waals surface area contributed by atoms with Crippen LogP contribution in [0.5, 0.6) is 0 Å². The molecule has 2 rings (SSSR count). The number of hydrogen-bond donors (Lipinski definition) is 0. The summed E-state index contributed by atoms with van der Waals surface area (Å²) in [5.74, 6) is 1.40. The lowest BCUT2D eigenvalue weighted by Crippen LogP contribution is -2.35. The Balaban J connectivity index is 1.88. The third kappa shape index (κ3) is 2.65. The first-order valence-electron chi connectivity index (χ1n) is 5.45. The van der Waals surface area contributed by atoms with Crippen molar-refractivity contribution in [2.45, 2.75) is 18.7 Å². The van der Waals surface area contributed by atoms with E-state index in [4.69, 9.17) is 20.8 Å². The molecule has 1 aromatic rings. The summed E-state index contributed by atoms with van der Waals surface area (Å²) in [6, 6.07) is 0.589. The van der Waals surface area contributed by atoms with E-state index in [0.717, 1.165) is 32.5 Å². The highest BCUT2D eigenvalue weighted by molar-refractivity contribution is 6.16. The molecule has 16 heavy (non-hydrogen) atoms. The SMILES string of the molecule is COCC1CCN(c2nnc(CCl)o2)CC1. The van der Waals surface area contributed by atoms with Gasteiger partial charge in [-0.05, 0) is 18.8 Å². The Labute approximate surface area is 99.7 Å². The first-order valence-corrected chi connectivity index (χ1v) is 5.99. The van der Waals surface area contributed by atoms with Crippen LogP contribution in [0.15, 0.2) is 4.42 Å². The number of alkyl halides is 1. The van der Waals surface area contributed by atoms with Gasteiger partial charge in [0.1, 0.15) is 5.88 Å². The van der Waals surface area contributed by atoms with Crippen molar-refractivity contribution in [2.24, 2.45) is 5.92 Å². The van der Waals surface area contributed by atoms with E-state index in [-0.39, 0.29) is 5.88 Å². The van der Waals surface area contributed by atoms with E-state index in [1.54, 1.807) is 7.11 Å². The zero-order valence-electron chi connectivity index (χ0n) is 9.36. The summed E-state index contributed by atoms with van der Waals surface area (Å²) in [5.41, 5.74) is 0. The number of nitrogens with zero attached hydrogens (tertiary/aromatic N) is 3. The Morgan fingerprint density at radius 1 is 1.44 bits per heavy atom. The summed E-state index contributed by atoms with van der Waals surface area (Å²) in [4.78, 5) is 2.11. The number of ether oxygens (including phenoxy) is 1. The van der Waals surface area contributed by atoms with E-state index in [1.165, 1.54) is 0 Å². The molecular formula is C10H16ClN3O2. The van der Waals surface area contributed by atoms with Gasteiger partial charge in [-0.1, -0.05) is 5.10 Å². The number of anilines is 1. The second-order valence-electron chi connectivity index (χ2n) is 4.00. The Morgan fingerprint density at radius 3 is 2.75 bits per heavy atom. The number of hydrogen-bond acceptors (Lipinski definition) is 5. The summed E-state index contributed by atoms with van der Waals surface area (Å²) < 4.78 is 10.6. The fraction of sp³-hybridized carbons (Fsp3) is 0.800. The average molecular weight is 246 g/mol. The van der Waals surface area contributed by atoms with Crippen molar-refractivity contribution in [2.75, 3.05) is 31.7 Å². The molecule has 0 saturated carbocycles. The van der Waals surface area contributed by atoms with E-state index < -0.39 is 0 Å². The summed E-state index contributed by atoms with van der Waals surface area (Å²) in [5, 5.41) is 7.83. The van der Waals surface area contributed by atoms with Gasteiger partial charge in [0.2, 0.25) is 5.89 Å². The average Bonchev–Trinajstić information content (AvgIpc) is 2.79. The number of rotatable bonds is 4. The number of aromatic nitrogens is 2. The van der Waals surface area contributed by atoms with E-state index in [9.17, 15) is 0 Å². The predicted octanol–water partition coefficient (Wildman–Crippen LogP) is 1.67. The molecule has 0 bridgehead atoms. The van der Waals surface area contributed by atoms with E-state index in [0.29, 0.717) is 17.8 Å². The van der Waals surface area contributed by atoms with Crippen LogP contribution in [0.2, 0.25) is 0 Å². The molecule has 1 aromatic heterocycles. The van der Waals surface area contributed by atoms with E-state index in [2.05, 4.69) is 15.1 Å². The second kappa shape index (κ2) is 5.50. The Hall–Kier alpha value is -0.810. The first kappa shape index (κ1) is 11.7. The van der Waals surface area contributed by atoms with E-state index in [1.807, 2.05) is 0 Å². The predicted molar refractivity (Wildman–Crippen MR) is 60.7 cm³/mol. The van der Waals surface area contributed by atoms with Gasteiger partial charge in [-0.2, -0.15) is 0 Å². The largest absolute Gasteiger partial charge is 0.407 e. The van der Waals surface area contributed by atoms with Gasteiger partial charge in [0.25, 0.3) is 0 Å².